The van der Waals surface area contributed by atoms with Crippen molar-refractivity contribution in [2.75, 3.05) is 18.5 Å². The van der Waals surface area contributed by atoms with Gasteiger partial charge >= 0.3 is 0 Å². The van der Waals surface area contributed by atoms with Gasteiger partial charge in [-0.1, -0.05) is 23.7 Å². The molecule has 0 bridgehead atoms. The van der Waals surface area contributed by atoms with Crippen LogP contribution in [-0.4, -0.2) is 23.2 Å². The van der Waals surface area contributed by atoms with Crippen molar-refractivity contribution in [3.05, 3.63) is 41.4 Å². The van der Waals surface area contributed by atoms with Crippen LogP contribution in [0.15, 0.2) is 36.4 Å². The number of hydrogen-bond acceptors (Lipinski definition) is 4. The molecule has 21 heavy (non-hydrogen) atoms. The second-order valence-corrected chi connectivity index (χ2v) is 5.11. The Bertz CT molecular complexity index is 773. The largest absolute Gasteiger partial charge is 0.486 e. The molecule has 0 unspecified atom stereocenters. The molecular formula is C15H12ClN3O2. The minimum atomic E-state index is 0.563. The zero-order valence-corrected chi connectivity index (χ0v) is 11.8. The SMILES string of the molecule is Clc1ccccc1Nc1nc2cc3c(cc2[nH]1)OCCO3. The third-order valence-corrected chi connectivity index (χ3v) is 3.60. The number of anilines is 2. The Morgan fingerprint density at radius 1 is 1.10 bits per heavy atom. The number of ether oxygens (including phenoxy) is 2. The molecule has 0 aliphatic carbocycles. The summed E-state index contributed by atoms with van der Waals surface area (Å²) in [5, 5.41) is 3.81. The first-order valence-corrected chi connectivity index (χ1v) is 6.98. The Balaban J connectivity index is 1.72. The van der Waals surface area contributed by atoms with Gasteiger partial charge in [0.25, 0.3) is 0 Å². The predicted molar refractivity (Wildman–Crippen MR) is 81.8 cm³/mol. The van der Waals surface area contributed by atoms with Gasteiger partial charge in [-0.3, -0.25) is 0 Å². The summed E-state index contributed by atoms with van der Waals surface area (Å²) in [6, 6.07) is 11.3. The molecule has 6 heteroatoms. The molecule has 2 heterocycles. The van der Waals surface area contributed by atoms with E-state index in [0.29, 0.717) is 24.2 Å². The van der Waals surface area contributed by atoms with Crippen molar-refractivity contribution in [3.63, 3.8) is 0 Å². The first kappa shape index (κ1) is 12.3. The van der Waals surface area contributed by atoms with Gasteiger partial charge in [-0.2, -0.15) is 0 Å². The number of para-hydroxylation sites is 1. The number of aromatic nitrogens is 2. The monoisotopic (exact) mass is 301 g/mol. The molecule has 0 fully saturated rings. The quantitative estimate of drug-likeness (QED) is 0.757. The molecule has 1 aliphatic heterocycles. The molecule has 0 radical (unpaired) electrons. The number of halogens is 1. The van der Waals surface area contributed by atoms with Gasteiger partial charge in [-0.15, -0.1) is 0 Å². The second kappa shape index (κ2) is 4.86. The molecule has 0 saturated heterocycles. The van der Waals surface area contributed by atoms with Crippen LogP contribution in [0, 0.1) is 0 Å². The summed E-state index contributed by atoms with van der Waals surface area (Å²) in [4.78, 5) is 7.70. The molecule has 4 rings (SSSR count). The lowest BCUT2D eigenvalue weighted by Gasteiger charge is -2.17. The number of fused-ring (bicyclic) bond motifs is 2. The highest BCUT2D eigenvalue weighted by molar-refractivity contribution is 6.33. The van der Waals surface area contributed by atoms with Crippen LogP contribution in [0.1, 0.15) is 0 Å². The fourth-order valence-corrected chi connectivity index (χ4v) is 2.48. The van der Waals surface area contributed by atoms with E-state index in [1.54, 1.807) is 0 Å². The molecule has 2 aromatic carbocycles. The molecule has 1 aliphatic rings. The van der Waals surface area contributed by atoms with Crippen molar-refractivity contribution in [2.24, 2.45) is 0 Å². The number of imidazole rings is 1. The summed E-state index contributed by atoms with van der Waals surface area (Å²) >= 11 is 6.13. The zero-order valence-electron chi connectivity index (χ0n) is 11.0. The number of nitrogens with one attached hydrogen (secondary N) is 2. The number of H-pyrrole nitrogens is 1. The maximum Gasteiger partial charge on any atom is 0.205 e. The molecule has 3 aromatic rings. The van der Waals surface area contributed by atoms with Crippen LogP contribution in [0.5, 0.6) is 11.5 Å². The van der Waals surface area contributed by atoms with Gasteiger partial charge in [0.05, 0.1) is 21.7 Å². The molecule has 0 atom stereocenters. The number of benzene rings is 2. The summed E-state index contributed by atoms with van der Waals surface area (Å²) in [5.41, 5.74) is 2.50. The van der Waals surface area contributed by atoms with Crippen LogP contribution in [0.3, 0.4) is 0 Å². The highest BCUT2D eigenvalue weighted by Gasteiger charge is 2.15. The average Bonchev–Trinajstić information content (AvgIpc) is 2.88. The Morgan fingerprint density at radius 3 is 2.67 bits per heavy atom. The summed E-state index contributed by atoms with van der Waals surface area (Å²) < 4.78 is 11.1. The lowest BCUT2D eigenvalue weighted by molar-refractivity contribution is 0.172. The highest BCUT2D eigenvalue weighted by Crippen LogP contribution is 2.34. The lowest BCUT2D eigenvalue weighted by Crippen LogP contribution is -2.15. The summed E-state index contributed by atoms with van der Waals surface area (Å²) in [7, 11) is 0. The van der Waals surface area contributed by atoms with E-state index in [2.05, 4.69) is 15.3 Å². The predicted octanol–water partition coefficient (Wildman–Crippen LogP) is 3.73. The van der Waals surface area contributed by atoms with E-state index < -0.39 is 0 Å². The van der Waals surface area contributed by atoms with Crippen LogP contribution in [0.25, 0.3) is 11.0 Å². The van der Waals surface area contributed by atoms with Crippen LogP contribution in [0.2, 0.25) is 5.02 Å². The summed E-state index contributed by atoms with van der Waals surface area (Å²) in [6.45, 7) is 1.13. The normalized spacial score (nSPS) is 13.4. The molecular weight excluding hydrogens is 290 g/mol. The van der Waals surface area contributed by atoms with E-state index in [1.165, 1.54) is 0 Å². The summed E-state index contributed by atoms with van der Waals surface area (Å²) in [5.74, 6) is 2.09. The minimum Gasteiger partial charge on any atom is -0.486 e. The average molecular weight is 302 g/mol. The molecule has 0 spiro atoms. The maximum absolute atomic E-state index is 6.13. The number of hydrogen-bond donors (Lipinski definition) is 2. The van der Waals surface area contributed by atoms with Gasteiger partial charge < -0.3 is 19.8 Å². The van der Waals surface area contributed by atoms with Gasteiger partial charge in [0.1, 0.15) is 13.2 Å². The van der Waals surface area contributed by atoms with Crippen LogP contribution >= 0.6 is 11.6 Å². The second-order valence-electron chi connectivity index (χ2n) is 4.70. The Labute approximate surface area is 125 Å². The topological polar surface area (TPSA) is 59.2 Å². The molecule has 2 N–H and O–H groups in total. The molecule has 0 amide bonds. The Kier molecular flexibility index (Phi) is 2.86. The van der Waals surface area contributed by atoms with Crippen LogP contribution in [-0.2, 0) is 0 Å². The van der Waals surface area contributed by atoms with Gasteiger partial charge in [0, 0.05) is 12.1 Å². The van der Waals surface area contributed by atoms with Crippen molar-refractivity contribution >= 4 is 34.3 Å². The first-order chi connectivity index (χ1) is 10.3. The Hall–Kier alpha value is -2.40. The van der Waals surface area contributed by atoms with E-state index in [1.807, 2.05) is 36.4 Å². The molecule has 0 saturated carbocycles. The summed E-state index contributed by atoms with van der Waals surface area (Å²) in [6.07, 6.45) is 0. The zero-order chi connectivity index (χ0) is 14.2. The molecule has 1 aromatic heterocycles. The van der Waals surface area contributed by atoms with Gasteiger partial charge in [0.15, 0.2) is 11.5 Å². The van der Waals surface area contributed by atoms with Gasteiger partial charge in [-0.05, 0) is 12.1 Å². The van der Waals surface area contributed by atoms with Crippen molar-refractivity contribution < 1.29 is 9.47 Å². The smallest absolute Gasteiger partial charge is 0.205 e. The van der Waals surface area contributed by atoms with Gasteiger partial charge in [0.2, 0.25) is 5.95 Å². The Morgan fingerprint density at radius 2 is 1.86 bits per heavy atom. The van der Waals surface area contributed by atoms with Crippen molar-refractivity contribution in [1.29, 1.82) is 0 Å². The van der Waals surface area contributed by atoms with E-state index >= 15 is 0 Å². The first-order valence-electron chi connectivity index (χ1n) is 6.60. The standard InChI is InChI=1S/C15H12ClN3O2/c16-9-3-1-2-4-10(9)17-15-18-11-7-13-14(8-12(11)19-15)21-6-5-20-13/h1-4,7-8H,5-6H2,(H2,17,18,19). The fraction of sp³-hybridized carbons (Fsp3) is 0.133. The van der Waals surface area contributed by atoms with E-state index in [-0.39, 0.29) is 0 Å². The lowest BCUT2D eigenvalue weighted by atomic mass is 10.2. The van der Waals surface area contributed by atoms with Crippen molar-refractivity contribution in [2.45, 2.75) is 0 Å². The van der Waals surface area contributed by atoms with Crippen LogP contribution in [0.4, 0.5) is 11.6 Å². The van der Waals surface area contributed by atoms with E-state index in [0.717, 1.165) is 28.2 Å². The van der Waals surface area contributed by atoms with Crippen molar-refractivity contribution in [1.82, 2.24) is 9.97 Å². The fourth-order valence-electron chi connectivity index (χ4n) is 2.30. The maximum atomic E-state index is 6.13. The van der Waals surface area contributed by atoms with E-state index in [4.69, 9.17) is 21.1 Å². The number of nitrogens with zero attached hydrogens (tertiary/aromatic N) is 1. The number of rotatable bonds is 2. The third-order valence-electron chi connectivity index (χ3n) is 3.27. The van der Waals surface area contributed by atoms with Gasteiger partial charge in [-0.25, -0.2) is 4.98 Å². The molecule has 5 nitrogen and oxygen atoms in total. The number of aromatic amines is 1. The third kappa shape index (κ3) is 2.25. The minimum absolute atomic E-state index is 0.563. The highest BCUT2D eigenvalue weighted by atomic mass is 35.5. The van der Waals surface area contributed by atoms with E-state index in [9.17, 15) is 0 Å². The van der Waals surface area contributed by atoms with Crippen LogP contribution < -0.4 is 14.8 Å². The van der Waals surface area contributed by atoms with Crippen molar-refractivity contribution in [3.8, 4) is 11.5 Å². The molecule has 106 valence electrons.